The van der Waals surface area contributed by atoms with Crippen molar-refractivity contribution >= 4 is 41.2 Å². The minimum atomic E-state index is -1.67. The number of ether oxygens (including phenoxy) is 20. The maximum Gasteiger partial charge on any atom is 0.251 e. The van der Waals surface area contributed by atoms with Gasteiger partial charge in [-0.1, -0.05) is 97.8 Å². The Labute approximate surface area is 829 Å². The average molecular weight is 2020 g/mol. The molecule has 0 radical (unpaired) electrons. The van der Waals surface area contributed by atoms with E-state index >= 15 is 0 Å². The summed E-state index contributed by atoms with van der Waals surface area (Å²) in [7, 11) is 0. The quantitative estimate of drug-likeness (QED) is 0.0354. The van der Waals surface area contributed by atoms with Gasteiger partial charge >= 0.3 is 0 Å². The van der Waals surface area contributed by atoms with Gasteiger partial charge in [0.2, 0.25) is 23.6 Å². The summed E-state index contributed by atoms with van der Waals surface area (Å²) in [4.78, 5) is 98.5. The maximum absolute atomic E-state index is 14.3. The molecule has 4 saturated carbocycles. The molecule has 6 aliphatic heterocycles. The zero-order valence-corrected chi connectivity index (χ0v) is 83.8. The molecule has 814 valence electrons. The third kappa shape index (κ3) is 37.8. The van der Waals surface area contributed by atoms with Gasteiger partial charge in [0.25, 0.3) is 11.8 Å². The number of hydrogen-bond donors (Lipinski definition) is 14. The van der Waals surface area contributed by atoms with Gasteiger partial charge in [0.15, 0.2) is 25.2 Å². The number of rotatable bonds is 65. The highest BCUT2D eigenvalue weighted by Crippen LogP contribution is 2.45. The van der Waals surface area contributed by atoms with Gasteiger partial charge in [-0.2, -0.15) is 0 Å². The predicted molar refractivity (Wildman–Crippen MR) is 500 cm³/mol. The number of carbonyl (C=O) groups is 7. The number of aliphatic hydroxyl groups excluding tert-OH is 10. The van der Waals surface area contributed by atoms with Crippen LogP contribution in [-0.2, 0) is 128 Å². The van der Waals surface area contributed by atoms with Crippen LogP contribution in [0.4, 0.5) is 0 Å². The molecule has 0 aromatic carbocycles. The lowest BCUT2D eigenvalue weighted by Crippen LogP contribution is -2.67. The van der Waals surface area contributed by atoms with Crippen molar-refractivity contribution in [3.05, 3.63) is 0 Å². The summed E-state index contributed by atoms with van der Waals surface area (Å²) in [6, 6.07) is -1.24. The standard InChI is InChI=1S/C98H170N6O37/c1-7-66-54-68(56-71(89(66)140-97-86(117)84(115)80(111)61(4)132-97)137-96-79(102-63(6)107)91(83(114)76(59-106)139-96)135-74(94(121)104-30-17-31-104)53-65-20-13-10-14-21-65)70(108)22-15-25-99-77(109)23-32-122-34-36-124-38-40-126-42-44-128-46-48-130-50-51-131-49-47-129-45-43-127-41-39-125-37-35-123-33-24-78(110)100-26-27-101-92(119)69-55-67(8-2)90(141-98-87(118)85(116)81(112)62(5)133-98)72(57-69)136-95-60(3)88(82(113)75(58-105)138-95)134-73(93(120)103-28-16-29-103)52-64-18-11-9-12-19-64/h60-62,64-69,71-76,79-91,95-98,105-106,111-118H,7-59H2,1-6H3,(H,99,109)(H,100,110)(H,101,119)(H,102,107)/t60-,61+,62+,66+,67+,68-,69?,71-,72-,73+,74+,75-,76-,79-,80-,81-,82+,83+,84-,85-,86+,87+,88-,89-,90-,91-,95-,96-,97+,98+/m1/s1. The monoisotopic (exact) mass is 2020 g/mol. The van der Waals surface area contributed by atoms with Gasteiger partial charge < -0.3 is 177 Å². The molecule has 0 aromatic rings. The molecule has 0 aromatic heterocycles. The summed E-state index contributed by atoms with van der Waals surface area (Å²) in [6.45, 7) is 18.2. The van der Waals surface area contributed by atoms with E-state index in [1.165, 1.54) is 13.8 Å². The van der Waals surface area contributed by atoms with E-state index in [0.29, 0.717) is 177 Å². The largest absolute Gasteiger partial charge is 0.394 e. The van der Waals surface area contributed by atoms with Gasteiger partial charge in [0.05, 0.1) is 188 Å². The minimum absolute atomic E-state index is 0.0510. The highest BCUT2D eigenvalue weighted by atomic mass is 16.8. The van der Waals surface area contributed by atoms with Crippen LogP contribution in [0.1, 0.15) is 196 Å². The molecule has 141 heavy (non-hydrogen) atoms. The Morgan fingerprint density at radius 2 is 0.745 bits per heavy atom. The number of hydrogen-bond acceptors (Lipinski definition) is 37. The summed E-state index contributed by atoms with van der Waals surface area (Å²) in [5.74, 6) is -4.01. The molecule has 10 aliphatic rings. The summed E-state index contributed by atoms with van der Waals surface area (Å²) < 4.78 is 120. The zero-order chi connectivity index (χ0) is 101. The van der Waals surface area contributed by atoms with Crippen molar-refractivity contribution in [1.29, 1.82) is 0 Å². The molecule has 10 fully saturated rings. The summed E-state index contributed by atoms with van der Waals surface area (Å²) >= 11 is 0. The lowest BCUT2D eigenvalue weighted by Gasteiger charge is -2.49. The van der Waals surface area contributed by atoms with Gasteiger partial charge in [0.1, 0.15) is 91.2 Å². The smallest absolute Gasteiger partial charge is 0.251 e. The summed E-state index contributed by atoms with van der Waals surface area (Å²) in [6.07, 6.45) is -14.3. The Morgan fingerprint density at radius 1 is 0.376 bits per heavy atom. The third-order valence-corrected chi connectivity index (χ3v) is 29.0. The van der Waals surface area contributed by atoms with E-state index in [2.05, 4.69) is 21.3 Å². The first-order chi connectivity index (χ1) is 68.2. The Balaban J connectivity index is 0.503. The van der Waals surface area contributed by atoms with Crippen molar-refractivity contribution in [2.24, 2.45) is 41.4 Å². The van der Waals surface area contributed by atoms with Crippen molar-refractivity contribution < 1.29 is 179 Å². The van der Waals surface area contributed by atoms with Crippen LogP contribution < -0.4 is 21.3 Å². The predicted octanol–water partition coefficient (Wildman–Crippen LogP) is -0.0913. The van der Waals surface area contributed by atoms with E-state index in [1.54, 1.807) is 23.6 Å². The van der Waals surface area contributed by atoms with Gasteiger partial charge in [-0.25, -0.2) is 0 Å². The van der Waals surface area contributed by atoms with Crippen molar-refractivity contribution in [2.75, 3.05) is 191 Å². The van der Waals surface area contributed by atoms with Crippen molar-refractivity contribution in [3.8, 4) is 0 Å². The Morgan fingerprint density at radius 3 is 1.14 bits per heavy atom. The second-order valence-corrected chi connectivity index (χ2v) is 39.3. The zero-order valence-electron chi connectivity index (χ0n) is 83.8. The number of nitrogens with one attached hydrogen (secondary N) is 4. The molecule has 6 heterocycles. The van der Waals surface area contributed by atoms with Crippen LogP contribution in [0.3, 0.4) is 0 Å². The van der Waals surface area contributed by atoms with Crippen LogP contribution in [0, 0.1) is 41.4 Å². The second kappa shape index (κ2) is 64.0. The van der Waals surface area contributed by atoms with Crippen LogP contribution in [0.15, 0.2) is 0 Å². The normalized spacial score (nSPS) is 33.3. The summed E-state index contributed by atoms with van der Waals surface area (Å²) in [5.41, 5.74) is 0. The van der Waals surface area contributed by atoms with Gasteiger partial charge in [-0.3, -0.25) is 33.6 Å². The van der Waals surface area contributed by atoms with Gasteiger partial charge in [-0.15, -0.1) is 0 Å². The van der Waals surface area contributed by atoms with E-state index in [-0.39, 0.29) is 131 Å². The van der Waals surface area contributed by atoms with Crippen molar-refractivity contribution in [3.63, 3.8) is 0 Å². The molecule has 6 amide bonds. The minimum Gasteiger partial charge on any atom is -0.394 e. The lowest BCUT2D eigenvalue weighted by atomic mass is 9.74. The molecule has 0 bridgehead atoms. The highest BCUT2D eigenvalue weighted by molar-refractivity contribution is 5.83. The van der Waals surface area contributed by atoms with Gasteiger partial charge in [0, 0.05) is 89.8 Å². The van der Waals surface area contributed by atoms with Crippen LogP contribution in [0.2, 0.25) is 0 Å². The van der Waals surface area contributed by atoms with Crippen LogP contribution >= 0.6 is 0 Å². The van der Waals surface area contributed by atoms with E-state index in [9.17, 15) is 84.6 Å². The molecular formula is C98H170N6O37. The van der Waals surface area contributed by atoms with Crippen LogP contribution in [0.5, 0.6) is 0 Å². The van der Waals surface area contributed by atoms with E-state index in [0.717, 1.165) is 77.0 Å². The number of likely N-dealkylation sites (tertiary alicyclic amines) is 2. The number of carbonyl (C=O) groups excluding carboxylic acids is 7. The van der Waals surface area contributed by atoms with Crippen molar-refractivity contribution in [2.45, 2.75) is 349 Å². The molecule has 14 N–H and O–H groups in total. The maximum atomic E-state index is 14.3. The third-order valence-electron chi connectivity index (χ3n) is 29.0. The summed E-state index contributed by atoms with van der Waals surface area (Å²) in [5, 5.41) is 121. The fourth-order valence-corrected chi connectivity index (χ4v) is 20.3. The molecule has 43 heteroatoms. The molecule has 43 nitrogen and oxygen atoms in total. The fraction of sp³-hybridized carbons (Fsp3) is 0.929. The number of amides is 6. The average Bonchev–Trinajstić information content (AvgIpc) is 0.772. The van der Waals surface area contributed by atoms with E-state index < -0.39 is 196 Å². The highest BCUT2D eigenvalue weighted by Gasteiger charge is 2.56. The first-order valence-electron chi connectivity index (χ1n) is 52.4. The number of nitrogens with zero attached hydrogens (tertiary/aromatic N) is 2. The Kier molecular flexibility index (Phi) is 53.6. The number of Topliss-reactive ketones (excluding diaryl/α,β-unsaturated/α-hetero) is 1. The SMILES string of the molecule is CC[C@H]1CC(C(=O)NCCNC(=O)CCOCCOCCOCCOCCOCCOCCOCCOCCOCCOCCC(=O)NCCCC(=O)[C@@H]2C[C@H](CC)[C@@H](O[C@@H]3O[C@@H](C)[C@@H](O)[C@@H](O)[C@@H]3O)[C@H](O[C@@H]3O[C@H](CO)[C@H](O)[C@H](O[C@@H](CC4CCCCC4)C(=O)N4CCC4)[C@H]3NC(C)=O)C2)C[C@@H](O[C@@H]2O[C@H](CO)[C@H](O)[C@H](O[C@@H](CC3CCCCC3)C(=O)N3CCC3)[C@H]2C)[C@@H]1O[C@@H]1O[C@@H](C)[C@@H](O)[C@@H](O)[C@@H]1O. The van der Waals surface area contributed by atoms with Crippen LogP contribution in [-0.4, -0.2) is 447 Å². The molecule has 4 aliphatic carbocycles. The molecule has 0 spiro atoms. The second-order valence-electron chi connectivity index (χ2n) is 39.3. The molecule has 10 rings (SSSR count). The van der Waals surface area contributed by atoms with Crippen molar-refractivity contribution in [1.82, 2.24) is 31.1 Å². The Hall–Kier alpha value is -4.71. The van der Waals surface area contributed by atoms with E-state index in [4.69, 9.17) is 94.7 Å². The van der Waals surface area contributed by atoms with E-state index in [1.807, 2.05) is 13.8 Å². The van der Waals surface area contributed by atoms with Crippen LogP contribution in [0.25, 0.3) is 0 Å². The number of aliphatic hydroxyl groups is 10. The molecule has 30 atom stereocenters. The van der Waals surface area contributed by atoms with Gasteiger partial charge in [-0.05, 0) is 95.3 Å². The first-order valence-corrected chi connectivity index (χ1v) is 52.4. The topological polar surface area (TPSA) is 561 Å². The molecular weight excluding hydrogens is 1850 g/mol. The Bertz CT molecular complexity index is 3540. The first kappa shape index (κ1) is 118. The molecule has 6 saturated heterocycles. The fourth-order valence-electron chi connectivity index (χ4n) is 20.3. The molecule has 1 unspecified atom stereocenters. The lowest BCUT2D eigenvalue weighted by molar-refractivity contribution is -0.343. The number of ketones is 1.